The van der Waals surface area contributed by atoms with Crippen molar-refractivity contribution >= 4 is 0 Å². The highest BCUT2D eigenvalue weighted by Crippen LogP contribution is 2.54. The van der Waals surface area contributed by atoms with Gasteiger partial charge >= 0.3 is 0 Å². The molecule has 5 N–H and O–H groups in total. The summed E-state index contributed by atoms with van der Waals surface area (Å²) in [5.41, 5.74) is 1.58. The van der Waals surface area contributed by atoms with E-state index in [0.717, 1.165) is 5.69 Å². The largest absolute Gasteiger partial charge is 0.504 e. The van der Waals surface area contributed by atoms with Crippen LogP contribution in [0.25, 0.3) is 11.1 Å². The summed E-state index contributed by atoms with van der Waals surface area (Å²) in [5, 5.41) is 48.0. The average Bonchev–Trinajstić information content (AvgIpc) is 2.37. The van der Waals surface area contributed by atoms with Crippen molar-refractivity contribution in [1.82, 2.24) is 4.98 Å². The smallest absolute Gasteiger partial charge is 0.208 e. The van der Waals surface area contributed by atoms with E-state index >= 15 is 0 Å². The van der Waals surface area contributed by atoms with Crippen LogP contribution in [0.1, 0.15) is 11.3 Å². The van der Waals surface area contributed by atoms with E-state index in [2.05, 4.69) is 4.98 Å². The zero-order valence-electron chi connectivity index (χ0n) is 10.3. The second-order valence-electron chi connectivity index (χ2n) is 4.26. The quantitative estimate of drug-likeness (QED) is 0.396. The summed E-state index contributed by atoms with van der Waals surface area (Å²) >= 11 is 0. The lowest BCUT2D eigenvalue weighted by atomic mass is 9.99. The molecule has 6 nitrogen and oxygen atoms in total. The molecule has 2 rings (SSSR count). The van der Waals surface area contributed by atoms with Crippen molar-refractivity contribution in [3.05, 3.63) is 23.5 Å². The molecule has 1 aromatic heterocycles. The minimum atomic E-state index is -0.975. The molecule has 0 aliphatic heterocycles. The van der Waals surface area contributed by atoms with Crippen LogP contribution in [-0.2, 0) is 0 Å². The Morgan fingerprint density at radius 3 is 1.74 bits per heavy atom. The Hall–Kier alpha value is -2.63. The molecule has 0 spiro atoms. The third-order valence-electron chi connectivity index (χ3n) is 2.89. The molecule has 0 saturated carbocycles. The van der Waals surface area contributed by atoms with E-state index in [-0.39, 0.29) is 5.56 Å². The first-order valence-corrected chi connectivity index (χ1v) is 5.47. The summed E-state index contributed by atoms with van der Waals surface area (Å²) in [6.07, 6.45) is 1.40. The van der Waals surface area contributed by atoms with Crippen LogP contribution in [0.5, 0.6) is 28.7 Å². The van der Waals surface area contributed by atoms with Gasteiger partial charge in [0.15, 0.2) is 11.5 Å². The molecule has 100 valence electrons. The fraction of sp³-hybridized carbons (Fsp3) is 0.154. The van der Waals surface area contributed by atoms with Gasteiger partial charge in [0.05, 0.1) is 5.56 Å². The molecule has 0 unspecified atom stereocenters. The fourth-order valence-electron chi connectivity index (χ4n) is 1.90. The number of aryl methyl sites for hydroxylation is 2. The molecule has 2 aromatic rings. The molecule has 0 bridgehead atoms. The van der Waals surface area contributed by atoms with Crippen molar-refractivity contribution in [1.29, 1.82) is 0 Å². The molecule has 0 fully saturated rings. The van der Waals surface area contributed by atoms with Crippen molar-refractivity contribution in [2.45, 2.75) is 13.8 Å². The second-order valence-corrected chi connectivity index (χ2v) is 4.26. The van der Waals surface area contributed by atoms with E-state index < -0.39 is 28.7 Å². The number of hydrogen-bond acceptors (Lipinski definition) is 6. The summed E-state index contributed by atoms with van der Waals surface area (Å²) in [4.78, 5) is 4.03. The average molecular weight is 263 g/mol. The third-order valence-corrected chi connectivity index (χ3v) is 2.89. The van der Waals surface area contributed by atoms with Crippen molar-refractivity contribution in [2.75, 3.05) is 0 Å². The number of pyridine rings is 1. The van der Waals surface area contributed by atoms with Crippen molar-refractivity contribution in [3.63, 3.8) is 0 Å². The van der Waals surface area contributed by atoms with E-state index in [1.807, 2.05) is 0 Å². The first-order chi connectivity index (χ1) is 8.84. The van der Waals surface area contributed by atoms with Crippen molar-refractivity contribution < 1.29 is 25.5 Å². The molecule has 1 aromatic carbocycles. The van der Waals surface area contributed by atoms with E-state index in [1.165, 1.54) is 6.20 Å². The second kappa shape index (κ2) is 4.24. The van der Waals surface area contributed by atoms with Crippen molar-refractivity contribution in [3.8, 4) is 39.9 Å². The zero-order chi connectivity index (χ0) is 14.3. The maximum absolute atomic E-state index is 9.82. The van der Waals surface area contributed by atoms with Gasteiger partial charge < -0.3 is 25.5 Å². The van der Waals surface area contributed by atoms with E-state index in [4.69, 9.17) is 0 Å². The van der Waals surface area contributed by atoms with Gasteiger partial charge in [0, 0.05) is 17.5 Å². The maximum atomic E-state index is 9.82. The number of phenolic OH excluding ortho intramolecular Hbond substituents is 5. The van der Waals surface area contributed by atoms with Crippen LogP contribution in [0.2, 0.25) is 0 Å². The first-order valence-electron chi connectivity index (χ1n) is 5.47. The molecular formula is C13H13NO5. The van der Waals surface area contributed by atoms with Gasteiger partial charge in [-0.15, -0.1) is 0 Å². The molecule has 0 radical (unpaired) electrons. The molecule has 0 atom stereocenters. The highest BCUT2D eigenvalue weighted by Gasteiger charge is 2.25. The van der Waals surface area contributed by atoms with Gasteiger partial charge in [-0.2, -0.15) is 0 Å². The highest BCUT2D eigenvalue weighted by atomic mass is 16.4. The van der Waals surface area contributed by atoms with E-state index in [9.17, 15) is 25.5 Å². The predicted molar refractivity (Wildman–Crippen MR) is 67.5 cm³/mol. The normalized spacial score (nSPS) is 10.6. The van der Waals surface area contributed by atoms with Gasteiger partial charge in [-0.05, 0) is 25.5 Å². The number of aromatic hydroxyl groups is 5. The van der Waals surface area contributed by atoms with Crippen LogP contribution in [0.3, 0.4) is 0 Å². The lowest BCUT2D eigenvalue weighted by molar-refractivity contribution is 0.330. The fourth-order valence-corrected chi connectivity index (χ4v) is 1.90. The Morgan fingerprint density at radius 2 is 1.26 bits per heavy atom. The molecular weight excluding hydrogens is 250 g/mol. The summed E-state index contributed by atoms with van der Waals surface area (Å²) in [7, 11) is 0. The number of rotatable bonds is 1. The van der Waals surface area contributed by atoms with Gasteiger partial charge in [-0.3, -0.25) is 4.98 Å². The number of aromatic nitrogens is 1. The monoisotopic (exact) mass is 263 g/mol. The Kier molecular flexibility index (Phi) is 2.86. The number of benzene rings is 1. The zero-order valence-corrected chi connectivity index (χ0v) is 10.3. The summed E-state index contributed by atoms with van der Waals surface area (Å²) < 4.78 is 0. The van der Waals surface area contributed by atoms with Crippen LogP contribution in [0.15, 0.2) is 12.3 Å². The van der Waals surface area contributed by atoms with E-state index in [0.29, 0.717) is 11.1 Å². The Balaban J connectivity index is 2.83. The van der Waals surface area contributed by atoms with Gasteiger partial charge in [0.2, 0.25) is 17.2 Å². The van der Waals surface area contributed by atoms with Crippen LogP contribution in [0.4, 0.5) is 0 Å². The molecule has 0 aliphatic rings. The number of hydrogen-bond donors (Lipinski definition) is 5. The van der Waals surface area contributed by atoms with Crippen LogP contribution < -0.4 is 0 Å². The van der Waals surface area contributed by atoms with Crippen LogP contribution >= 0.6 is 0 Å². The SMILES string of the molecule is Cc1cc(C)c(-c2c(O)c(O)c(O)c(O)c2O)cn1. The molecule has 0 amide bonds. The summed E-state index contributed by atoms with van der Waals surface area (Å²) in [6, 6.07) is 1.72. The lowest BCUT2D eigenvalue weighted by Gasteiger charge is -2.14. The highest BCUT2D eigenvalue weighted by molar-refractivity contribution is 5.86. The van der Waals surface area contributed by atoms with E-state index in [1.54, 1.807) is 19.9 Å². The van der Waals surface area contributed by atoms with Gasteiger partial charge in [0.1, 0.15) is 0 Å². The first kappa shape index (κ1) is 12.8. The minimum absolute atomic E-state index is 0.183. The number of nitrogens with zero attached hydrogens (tertiary/aromatic N) is 1. The molecule has 6 heteroatoms. The Morgan fingerprint density at radius 1 is 0.789 bits per heavy atom. The topological polar surface area (TPSA) is 114 Å². The van der Waals surface area contributed by atoms with Crippen LogP contribution in [-0.4, -0.2) is 30.5 Å². The Labute approximate surface area is 108 Å². The van der Waals surface area contributed by atoms with Gasteiger partial charge in [-0.1, -0.05) is 0 Å². The van der Waals surface area contributed by atoms with Crippen LogP contribution in [0, 0.1) is 13.8 Å². The predicted octanol–water partition coefficient (Wildman–Crippen LogP) is 1.89. The molecule has 19 heavy (non-hydrogen) atoms. The molecule has 1 heterocycles. The summed E-state index contributed by atoms with van der Waals surface area (Å²) in [6.45, 7) is 3.51. The molecule has 0 saturated heterocycles. The lowest BCUT2D eigenvalue weighted by Crippen LogP contribution is -1.90. The van der Waals surface area contributed by atoms with Gasteiger partial charge in [0.25, 0.3) is 0 Å². The minimum Gasteiger partial charge on any atom is -0.504 e. The standard InChI is InChI=1S/C13H13NO5/c1-5-3-6(2)14-4-7(5)8-9(15)11(17)13(19)12(18)10(8)16/h3-4,15-19H,1-2H3. The van der Waals surface area contributed by atoms with Crippen molar-refractivity contribution in [2.24, 2.45) is 0 Å². The maximum Gasteiger partial charge on any atom is 0.208 e. The summed E-state index contributed by atoms with van der Waals surface area (Å²) in [5.74, 6) is -4.21. The third kappa shape index (κ3) is 1.87. The molecule has 0 aliphatic carbocycles. The Bertz CT molecular complexity index is 638. The number of phenols is 5. The van der Waals surface area contributed by atoms with Gasteiger partial charge in [-0.25, -0.2) is 0 Å².